The molecule has 0 saturated heterocycles. The number of nitrogens with zero attached hydrogens (tertiary/aromatic N) is 1. The highest BCUT2D eigenvalue weighted by molar-refractivity contribution is 6.20. The van der Waals surface area contributed by atoms with Crippen LogP contribution in [0.25, 0.3) is 0 Å². The van der Waals surface area contributed by atoms with Gasteiger partial charge in [0.25, 0.3) is 0 Å². The molecule has 7 heteroatoms. The van der Waals surface area contributed by atoms with E-state index in [9.17, 15) is 29.4 Å². The van der Waals surface area contributed by atoms with E-state index in [1.165, 1.54) is 6.92 Å². The largest absolute Gasteiger partial charge is 0.507 e. The van der Waals surface area contributed by atoms with E-state index >= 15 is 0 Å². The van der Waals surface area contributed by atoms with E-state index in [4.69, 9.17) is 0 Å². The standard InChI is InChI=1S/C23H29NO6/c1-11-7-16(24(3)4)15-10-14-9-13(5-6-25)18(17(27)8-12(2)26)22(29)19(14)23(30)20(15)21(11)28/h7,13-14,18-19,25,28H,5-6,8-10H2,1-4H3. The first-order valence-electron chi connectivity index (χ1n) is 10.3. The summed E-state index contributed by atoms with van der Waals surface area (Å²) in [4.78, 5) is 52.9. The zero-order valence-electron chi connectivity index (χ0n) is 17.9. The average Bonchev–Trinajstić information content (AvgIpc) is 2.63. The number of fused-ring (bicyclic) bond motifs is 2. The van der Waals surface area contributed by atoms with Crippen LogP contribution in [0.5, 0.6) is 5.75 Å². The Morgan fingerprint density at radius 3 is 2.47 bits per heavy atom. The summed E-state index contributed by atoms with van der Waals surface area (Å²) < 4.78 is 0. The van der Waals surface area contributed by atoms with Gasteiger partial charge in [-0.2, -0.15) is 0 Å². The molecular formula is C23H29NO6. The Bertz CT molecular complexity index is 919. The van der Waals surface area contributed by atoms with Crippen LogP contribution in [0.2, 0.25) is 0 Å². The third kappa shape index (κ3) is 3.67. The SMILES string of the molecule is CC(=O)CC(=O)C1C(=O)C2C(=O)c3c(O)c(C)cc(N(C)C)c3CC2CC1CCO. The second kappa shape index (κ2) is 8.30. The molecule has 7 nitrogen and oxygen atoms in total. The summed E-state index contributed by atoms with van der Waals surface area (Å²) in [5, 5.41) is 20.1. The van der Waals surface area contributed by atoms with Crippen molar-refractivity contribution in [2.45, 2.75) is 39.5 Å². The normalized spacial score (nSPS) is 25.5. The number of phenols is 1. The van der Waals surface area contributed by atoms with Crippen molar-refractivity contribution in [2.75, 3.05) is 25.6 Å². The van der Waals surface area contributed by atoms with E-state index in [1.54, 1.807) is 6.92 Å². The first-order chi connectivity index (χ1) is 14.1. The molecule has 2 aliphatic rings. The number of aliphatic hydroxyl groups is 1. The minimum atomic E-state index is -1.06. The number of carbonyl (C=O) groups is 4. The van der Waals surface area contributed by atoms with Crippen LogP contribution < -0.4 is 4.90 Å². The molecule has 0 radical (unpaired) electrons. The summed E-state index contributed by atoms with van der Waals surface area (Å²) in [5.41, 5.74) is 2.27. The Kier molecular flexibility index (Phi) is 6.13. The lowest BCUT2D eigenvalue weighted by Gasteiger charge is -2.42. The highest BCUT2D eigenvalue weighted by Gasteiger charge is 2.52. The molecule has 0 bridgehead atoms. The van der Waals surface area contributed by atoms with Gasteiger partial charge < -0.3 is 15.1 Å². The minimum Gasteiger partial charge on any atom is -0.507 e. The molecule has 4 unspecified atom stereocenters. The van der Waals surface area contributed by atoms with E-state index in [2.05, 4.69) is 0 Å². The van der Waals surface area contributed by atoms with Crippen LogP contribution in [0.15, 0.2) is 6.07 Å². The lowest BCUT2D eigenvalue weighted by Crippen LogP contribution is -2.50. The van der Waals surface area contributed by atoms with Crippen LogP contribution in [0.4, 0.5) is 5.69 Å². The molecule has 1 aromatic carbocycles. The van der Waals surface area contributed by atoms with Gasteiger partial charge in [-0.15, -0.1) is 0 Å². The van der Waals surface area contributed by atoms with Gasteiger partial charge in [0, 0.05) is 26.4 Å². The predicted molar refractivity (Wildman–Crippen MR) is 111 cm³/mol. The third-order valence-electron chi connectivity index (χ3n) is 6.48. The van der Waals surface area contributed by atoms with Crippen LogP contribution in [0.3, 0.4) is 0 Å². The van der Waals surface area contributed by atoms with E-state index in [0.717, 1.165) is 11.3 Å². The number of phenolic OH excluding ortho intramolecular Hbond substituents is 1. The van der Waals surface area contributed by atoms with Crippen LogP contribution in [0, 0.1) is 30.6 Å². The number of anilines is 1. The second-order valence-electron chi connectivity index (χ2n) is 8.85. The van der Waals surface area contributed by atoms with Crippen molar-refractivity contribution in [1.29, 1.82) is 0 Å². The van der Waals surface area contributed by atoms with Gasteiger partial charge in [-0.1, -0.05) is 0 Å². The smallest absolute Gasteiger partial charge is 0.177 e. The Morgan fingerprint density at radius 1 is 1.23 bits per heavy atom. The zero-order chi connectivity index (χ0) is 22.3. The molecule has 1 fully saturated rings. The molecule has 1 saturated carbocycles. The molecule has 3 rings (SSSR count). The summed E-state index contributed by atoms with van der Waals surface area (Å²) >= 11 is 0. The number of benzene rings is 1. The van der Waals surface area contributed by atoms with Gasteiger partial charge in [0.1, 0.15) is 11.5 Å². The van der Waals surface area contributed by atoms with E-state index in [0.29, 0.717) is 18.4 Å². The molecular weight excluding hydrogens is 386 g/mol. The number of rotatable bonds is 6. The van der Waals surface area contributed by atoms with Crippen LogP contribution in [-0.2, 0) is 20.8 Å². The molecule has 0 aliphatic heterocycles. The van der Waals surface area contributed by atoms with Crippen molar-refractivity contribution in [2.24, 2.45) is 23.7 Å². The number of hydrogen-bond acceptors (Lipinski definition) is 7. The fourth-order valence-corrected chi connectivity index (χ4v) is 5.21. The van der Waals surface area contributed by atoms with Crippen molar-refractivity contribution < 1.29 is 29.4 Å². The van der Waals surface area contributed by atoms with Crippen molar-refractivity contribution in [3.8, 4) is 5.75 Å². The highest BCUT2D eigenvalue weighted by atomic mass is 16.3. The fraction of sp³-hybridized carbons (Fsp3) is 0.565. The van der Waals surface area contributed by atoms with Gasteiger partial charge in [0.15, 0.2) is 17.3 Å². The summed E-state index contributed by atoms with van der Waals surface area (Å²) in [5.74, 6) is -4.60. The maximum Gasteiger partial charge on any atom is 0.177 e. The van der Waals surface area contributed by atoms with Crippen LogP contribution in [0.1, 0.15) is 47.7 Å². The van der Waals surface area contributed by atoms with Gasteiger partial charge in [0.05, 0.1) is 23.8 Å². The van der Waals surface area contributed by atoms with E-state index in [1.807, 2.05) is 25.1 Å². The molecule has 0 spiro atoms. The van der Waals surface area contributed by atoms with Gasteiger partial charge in [-0.05, 0) is 62.1 Å². The van der Waals surface area contributed by atoms with Gasteiger partial charge >= 0.3 is 0 Å². The first kappa shape index (κ1) is 22.2. The predicted octanol–water partition coefficient (Wildman–Crippen LogP) is 1.87. The molecule has 4 atom stereocenters. The number of aliphatic hydroxyl groups excluding tert-OH is 1. The molecule has 0 aromatic heterocycles. The average molecular weight is 415 g/mol. The second-order valence-corrected chi connectivity index (χ2v) is 8.85. The lowest BCUT2D eigenvalue weighted by atomic mass is 9.59. The molecule has 1 aromatic rings. The van der Waals surface area contributed by atoms with Gasteiger partial charge in [0.2, 0.25) is 0 Å². The third-order valence-corrected chi connectivity index (χ3v) is 6.48. The van der Waals surface area contributed by atoms with Crippen molar-refractivity contribution in [3.05, 3.63) is 22.8 Å². The summed E-state index contributed by atoms with van der Waals surface area (Å²) in [7, 11) is 3.72. The summed E-state index contributed by atoms with van der Waals surface area (Å²) in [6.07, 6.45) is 0.798. The van der Waals surface area contributed by atoms with Crippen LogP contribution in [-0.4, -0.2) is 54.0 Å². The zero-order valence-corrected chi connectivity index (χ0v) is 17.9. The van der Waals surface area contributed by atoms with Crippen molar-refractivity contribution in [3.63, 3.8) is 0 Å². The van der Waals surface area contributed by atoms with Crippen LogP contribution >= 0.6 is 0 Å². The van der Waals surface area contributed by atoms with E-state index < -0.39 is 35.1 Å². The maximum atomic E-state index is 13.4. The fourth-order valence-electron chi connectivity index (χ4n) is 5.21. The molecule has 2 N–H and O–H groups in total. The Labute approximate surface area is 176 Å². The number of hydrogen-bond donors (Lipinski definition) is 2. The molecule has 162 valence electrons. The topological polar surface area (TPSA) is 112 Å². The Hall–Kier alpha value is -2.54. The Morgan fingerprint density at radius 2 is 1.90 bits per heavy atom. The van der Waals surface area contributed by atoms with Gasteiger partial charge in [-0.3, -0.25) is 19.2 Å². The molecule has 0 heterocycles. The van der Waals surface area contributed by atoms with Crippen molar-refractivity contribution >= 4 is 28.8 Å². The number of Topliss-reactive ketones (excluding diaryl/α,β-unsaturated/α-hetero) is 4. The number of aromatic hydroxyl groups is 1. The number of carbonyl (C=O) groups excluding carboxylic acids is 4. The van der Waals surface area contributed by atoms with E-state index in [-0.39, 0.29) is 42.5 Å². The maximum absolute atomic E-state index is 13.4. The summed E-state index contributed by atoms with van der Waals surface area (Å²) in [6.45, 7) is 2.83. The quantitative estimate of drug-likeness (QED) is 0.682. The highest BCUT2D eigenvalue weighted by Crippen LogP contribution is 2.48. The number of aryl methyl sites for hydroxylation is 1. The lowest BCUT2D eigenvalue weighted by molar-refractivity contribution is -0.142. The first-order valence-corrected chi connectivity index (χ1v) is 10.3. The van der Waals surface area contributed by atoms with Gasteiger partial charge in [-0.25, -0.2) is 0 Å². The Balaban J connectivity index is 2.09. The molecule has 0 amide bonds. The van der Waals surface area contributed by atoms with Crippen molar-refractivity contribution in [1.82, 2.24) is 0 Å². The summed E-state index contributed by atoms with van der Waals surface area (Å²) in [6, 6.07) is 1.83. The monoisotopic (exact) mass is 415 g/mol. The minimum absolute atomic E-state index is 0.115. The number of ketones is 4. The molecule has 30 heavy (non-hydrogen) atoms. The molecule has 2 aliphatic carbocycles.